The van der Waals surface area contributed by atoms with Crippen LogP contribution in [0.4, 0.5) is 0 Å². The van der Waals surface area contributed by atoms with Crippen molar-refractivity contribution >= 4 is 17.7 Å². The molecule has 21 heavy (non-hydrogen) atoms. The second-order valence-electron chi connectivity index (χ2n) is 6.17. The molecule has 1 aliphatic carbocycles. The van der Waals surface area contributed by atoms with Crippen molar-refractivity contribution in [1.82, 2.24) is 4.90 Å². The van der Waals surface area contributed by atoms with Crippen molar-refractivity contribution in [2.24, 2.45) is 10.7 Å². The van der Waals surface area contributed by atoms with Gasteiger partial charge in [-0.05, 0) is 12.8 Å². The van der Waals surface area contributed by atoms with E-state index >= 15 is 0 Å². The summed E-state index contributed by atoms with van der Waals surface area (Å²) in [7, 11) is 0. The summed E-state index contributed by atoms with van der Waals surface area (Å²) in [6.07, 6.45) is 7.17. The van der Waals surface area contributed by atoms with Crippen LogP contribution in [0.3, 0.4) is 0 Å². The van der Waals surface area contributed by atoms with Gasteiger partial charge in [-0.15, -0.1) is 0 Å². The van der Waals surface area contributed by atoms with Gasteiger partial charge >= 0.3 is 0 Å². The lowest BCUT2D eigenvalue weighted by molar-refractivity contribution is -0.174. The number of hydrogen-bond acceptors (Lipinski definition) is 4. The van der Waals surface area contributed by atoms with Crippen LogP contribution in [0.25, 0.3) is 0 Å². The highest BCUT2D eigenvalue weighted by Gasteiger charge is 2.41. The Morgan fingerprint density at radius 2 is 1.90 bits per heavy atom. The van der Waals surface area contributed by atoms with E-state index in [9.17, 15) is 0 Å². The lowest BCUT2D eigenvalue weighted by atomic mass is 10.1. The van der Waals surface area contributed by atoms with Crippen molar-refractivity contribution in [2.75, 3.05) is 37.7 Å². The number of thioether (sulfide) groups is 1. The highest BCUT2D eigenvalue weighted by molar-refractivity contribution is 7.99. The average molecular weight is 313 g/mol. The Labute approximate surface area is 131 Å². The Morgan fingerprint density at radius 1 is 1.19 bits per heavy atom. The maximum atomic E-state index is 6.20. The highest BCUT2D eigenvalue weighted by Crippen LogP contribution is 2.36. The minimum Gasteiger partial charge on any atom is -0.370 e. The average Bonchev–Trinajstić information content (AvgIpc) is 2.77. The van der Waals surface area contributed by atoms with Gasteiger partial charge in [0.05, 0.1) is 13.2 Å². The summed E-state index contributed by atoms with van der Waals surface area (Å²) < 4.78 is 12.2. The van der Waals surface area contributed by atoms with E-state index in [1.165, 1.54) is 25.7 Å². The van der Waals surface area contributed by atoms with Crippen LogP contribution < -0.4 is 5.73 Å². The van der Waals surface area contributed by atoms with Gasteiger partial charge in [0.25, 0.3) is 0 Å². The lowest BCUT2D eigenvalue weighted by Gasteiger charge is -2.28. The lowest BCUT2D eigenvalue weighted by Crippen LogP contribution is -2.43. The maximum absolute atomic E-state index is 6.20. The number of nitrogens with zero attached hydrogens (tertiary/aromatic N) is 2. The van der Waals surface area contributed by atoms with Crippen molar-refractivity contribution in [1.29, 1.82) is 0 Å². The molecular formula is C15H27N3O2S. The molecule has 6 heteroatoms. The van der Waals surface area contributed by atoms with Gasteiger partial charge in [-0.2, -0.15) is 11.8 Å². The molecule has 5 nitrogen and oxygen atoms in total. The SMILES string of the molecule is NC(=NCC1COC2(CCCCCC2)O1)N1CCSCC1. The molecule has 120 valence electrons. The van der Waals surface area contributed by atoms with E-state index in [0.29, 0.717) is 19.1 Å². The zero-order valence-corrected chi connectivity index (χ0v) is 13.6. The second kappa shape index (κ2) is 7.20. The molecule has 0 amide bonds. The summed E-state index contributed by atoms with van der Waals surface area (Å²) in [5.74, 6) is 2.64. The summed E-state index contributed by atoms with van der Waals surface area (Å²) in [6.45, 7) is 3.29. The van der Waals surface area contributed by atoms with E-state index in [0.717, 1.165) is 37.4 Å². The molecule has 0 radical (unpaired) electrons. The van der Waals surface area contributed by atoms with Crippen molar-refractivity contribution in [3.63, 3.8) is 0 Å². The van der Waals surface area contributed by atoms with Crippen molar-refractivity contribution in [2.45, 2.75) is 50.4 Å². The van der Waals surface area contributed by atoms with Crippen LogP contribution in [0.1, 0.15) is 38.5 Å². The first kappa shape index (κ1) is 15.4. The van der Waals surface area contributed by atoms with Crippen LogP contribution in [0, 0.1) is 0 Å². The number of aliphatic imine (C=N–C) groups is 1. The molecule has 3 fully saturated rings. The third-order valence-corrected chi connectivity index (χ3v) is 5.51. The Kier molecular flexibility index (Phi) is 5.29. The zero-order chi connectivity index (χ0) is 14.5. The molecule has 1 spiro atoms. The summed E-state index contributed by atoms with van der Waals surface area (Å²) in [4.78, 5) is 6.71. The molecule has 0 aromatic carbocycles. The van der Waals surface area contributed by atoms with Crippen LogP contribution in [0.5, 0.6) is 0 Å². The third-order valence-electron chi connectivity index (χ3n) is 4.57. The largest absolute Gasteiger partial charge is 0.370 e. The molecule has 2 heterocycles. The van der Waals surface area contributed by atoms with E-state index in [4.69, 9.17) is 15.2 Å². The number of guanidine groups is 1. The molecule has 3 aliphatic rings. The van der Waals surface area contributed by atoms with Gasteiger partial charge in [0.1, 0.15) is 6.10 Å². The molecular weight excluding hydrogens is 286 g/mol. The van der Waals surface area contributed by atoms with Crippen LogP contribution in [-0.4, -0.2) is 60.5 Å². The Balaban J connectivity index is 1.49. The minimum absolute atomic E-state index is 0.0702. The summed E-state index contributed by atoms with van der Waals surface area (Å²) in [5, 5.41) is 0. The summed E-state index contributed by atoms with van der Waals surface area (Å²) in [6, 6.07) is 0. The first-order valence-electron chi connectivity index (χ1n) is 8.22. The molecule has 2 N–H and O–H groups in total. The normalized spacial score (nSPS) is 30.6. The summed E-state index contributed by atoms with van der Waals surface area (Å²) in [5.41, 5.74) is 6.09. The van der Waals surface area contributed by atoms with Gasteiger partial charge in [0.15, 0.2) is 11.7 Å². The standard InChI is InChI=1S/C15H27N3O2S/c16-14(18-7-9-21-10-8-18)17-11-13-12-19-15(20-13)5-3-1-2-4-6-15/h13H,1-12H2,(H2,16,17). The van der Waals surface area contributed by atoms with Crippen molar-refractivity contribution in [3.05, 3.63) is 0 Å². The van der Waals surface area contributed by atoms with Gasteiger partial charge in [0, 0.05) is 37.4 Å². The summed E-state index contributed by atoms with van der Waals surface area (Å²) >= 11 is 1.98. The van der Waals surface area contributed by atoms with E-state index in [2.05, 4.69) is 9.89 Å². The topological polar surface area (TPSA) is 60.1 Å². The Hall–Kier alpha value is -0.460. The fraction of sp³-hybridized carbons (Fsp3) is 0.933. The van der Waals surface area contributed by atoms with Gasteiger partial charge in [0.2, 0.25) is 0 Å². The molecule has 1 saturated carbocycles. The van der Waals surface area contributed by atoms with Crippen molar-refractivity contribution in [3.8, 4) is 0 Å². The monoisotopic (exact) mass is 313 g/mol. The second-order valence-corrected chi connectivity index (χ2v) is 7.40. The van der Waals surface area contributed by atoms with E-state index in [1.54, 1.807) is 0 Å². The smallest absolute Gasteiger partial charge is 0.191 e. The molecule has 0 aromatic heterocycles. The van der Waals surface area contributed by atoms with Crippen LogP contribution >= 0.6 is 11.8 Å². The molecule has 2 aliphatic heterocycles. The zero-order valence-electron chi connectivity index (χ0n) is 12.8. The molecule has 2 saturated heterocycles. The highest BCUT2D eigenvalue weighted by atomic mass is 32.2. The van der Waals surface area contributed by atoms with Gasteiger partial charge in [-0.1, -0.05) is 12.8 Å². The fourth-order valence-corrected chi connectivity index (χ4v) is 4.23. The molecule has 0 bridgehead atoms. The molecule has 1 unspecified atom stereocenters. The quantitative estimate of drug-likeness (QED) is 0.622. The van der Waals surface area contributed by atoms with Gasteiger partial charge < -0.3 is 20.1 Å². The molecule has 0 aromatic rings. The van der Waals surface area contributed by atoms with Gasteiger partial charge in [-0.25, -0.2) is 0 Å². The van der Waals surface area contributed by atoms with Crippen LogP contribution in [0.2, 0.25) is 0 Å². The van der Waals surface area contributed by atoms with Crippen LogP contribution in [0.15, 0.2) is 4.99 Å². The number of rotatable bonds is 2. The first-order valence-corrected chi connectivity index (χ1v) is 9.37. The van der Waals surface area contributed by atoms with Crippen molar-refractivity contribution < 1.29 is 9.47 Å². The van der Waals surface area contributed by atoms with E-state index in [1.807, 2.05) is 11.8 Å². The van der Waals surface area contributed by atoms with Crippen LogP contribution in [-0.2, 0) is 9.47 Å². The number of hydrogen-bond donors (Lipinski definition) is 1. The predicted octanol–water partition coefficient (Wildman–Crippen LogP) is 1.82. The Morgan fingerprint density at radius 3 is 2.62 bits per heavy atom. The maximum Gasteiger partial charge on any atom is 0.191 e. The third kappa shape index (κ3) is 4.05. The van der Waals surface area contributed by atoms with E-state index in [-0.39, 0.29) is 11.9 Å². The number of ether oxygens (including phenoxy) is 2. The predicted molar refractivity (Wildman–Crippen MR) is 86.6 cm³/mol. The molecule has 1 atom stereocenters. The minimum atomic E-state index is -0.312. The molecule has 3 rings (SSSR count). The number of nitrogens with two attached hydrogens (primary N) is 1. The van der Waals surface area contributed by atoms with Gasteiger partial charge in [-0.3, -0.25) is 4.99 Å². The first-order chi connectivity index (χ1) is 10.3. The fourth-order valence-electron chi connectivity index (χ4n) is 3.32. The Bertz CT molecular complexity index is 364. The van der Waals surface area contributed by atoms with E-state index < -0.39 is 0 Å².